The first-order valence-electron chi connectivity index (χ1n) is 7.50. The van der Waals surface area contributed by atoms with Gasteiger partial charge in [-0.25, -0.2) is 0 Å². The number of amides is 1. The number of anilines is 1. The Kier molecular flexibility index (Phi) is 4.71. The summed E-state index contributed by atoms with van der Waals surface area (Å²) in [6, 6.07) is 12.2. The molecule has 0 unspecified atom stereocenters. The summed E-state index contributed by atoms with van der Waals surface area (Å²) >= 11 is 6.22. The van der Waals surface area contributed by atoms with Crippen molar-refractivity contribution in [2.75, 3.05) is 12.4 Å². The van der Waals surface area contributed by atoms with E-state index in [0.29, 0.717) is 27.8 Å². The highest BCUT2D eigenvalue weighted by molar-refractivity contribution is 6.31. The summed E-state index contributed by atoms with van der Waals surface area (Å²) in [5, 5.41) is 3.32. The van der Waals surface area contributed by atoms with Gasteiger partial charge in [-0.3, -0.25) is 9.59 Å². The quantitative estimate of drug-likeness (QED) is 0.676. The first-order chi connectivity index (χ1) is 11.6. The van der Waals surface area contributed by atoms with Crippen LogP contribution in [0.3, 0.4) is 0 Å². The summed E-state index contributed by atoms with van der Waals surface area (Å²) in [4.78, 5) is 24.1. The van der Waals surface area contributed by atoms with Crippen LogP contribution in [-0.4, -0.2) is 19.0 Å². The van der Waals surface area contributed by atoms with E-state index < -0.39 is 0 Å². The summed E-state index contributed by atoms with van der Waals surface area (Å²) in [6.07, 6.45) is 0.282. The number of halogens is 1. The van der Waals surface area contributed by atoms with Gasteiger partial charge in [-0.05, 0) is 36.4 Å². The SMILES string of the molecule is COc1ccc(NC(=O)C[C@H]2CC(=O)Oc3cccc(Cl)c32)cc1. The second-order valence-corrected chi connectivity index (χ2v) is 5.91. The summed E-state index contributed by atoms with van der Waals surface area (Å²) in [5.74, 6) is 0.302. The van der Waals surface area contributed by atoms with Gasteiger partial charge < -0.3 is 14.8 Å². The van der Waals surface area contributed by atoms with Crippen molar-refractivity contribution in [3.8, 4) is 11.5 Å². The van der Waals surface area contributed by atoms with Gasteiger partial charge in [0.15, 0.2) is 0 Å². The Morgan fingerprint density at radius 3 is 2.75 bits per heavy atom. The molecule has 0 radical (unpaired) electrons. The van der Waals surface area contributed by atoms with Crippen molar-refractivity contribution in [1.29, 1.82) is 0 Å². The molecule has 5 nitrogen and oxygen atoms in total. The molecule has 124 valence electrons. The summed E-state index contributed by atoms with van der Waals surface area (Å²) in [7, 11) is 1.58. The third-order valence-electron chi connectivity index (χ3n) is 3.86. The van der Waals surface area contributed by atoms with Crippen LogP contribution in [0.15, 0.2) is 42.5 Å². The molecule has 24 heavy (non-hydrogen) atoms. The molecule has 1 aliphatic rings. The van der Waals surface area contributed by atoms with Crippen LogP contribution >= 0.6 is 11.6 Å². The lowest BCUT2D eigenvalue weighted by molar-refractivity contribution is -0.136. The minimum absolute atomic E-state index is 0.132. The van der Waals surface area contributed by atoms with Gasteiger partial charge in [-0.2, -0.15) is 0 Å². The predicted molar refractivity (Wildman–Crippen MR) is 90.7 cm³/mol. The minimum Gasteiger partial charge on any atom is -0.497 e. The molecular formula is C18H16ClNO4. The van der Waals surface area contributed by atoms with Gasteiger partial charge >= 0.3 is 5.97 Å². The first kappa shape index (κ1) is 16.3. The minimum atomic E-state index is -0.355. The number of hydrogen-bond acceptors (Lipinski definition) is 4. The van der Waals surface area contributed by atoms with E-state index in [9.17, 15) is 9.59 Å². The Hall–Kier alpha value is -2.53. The average molecular weight is 346 g/mol. The third kappa shape index (κ3) is 3.51. The van der Waals surface area contributed by atoms with Crippen molar-refractivity contribution < 1.29 is 19.1 Å². The normalized spacial score (nSPS) is 16.1. The standard InChI is InChI=1S/C18H16ClNO4/c1-23-13-7-5-12(6-8-13)20-16(21)9-11-10-17(22)24-15-4-2-3-14(19)18(11)15/h2-8,11H,9-10H2,1H3,(H,20,21)/t11-/m0/s1. The van der Waals surface area contributed by atoms with E-state index in [2.05, 4.69) is 5.32 Å². The second kappa shape index (κ2) is 6.93. The number of fused-ring (bicyclic) bond motifs is 1. The zero-order valence-electron chi connectivity index (χ0n) is 13.0. The average Bonchev–Trinajstić information content (AvgIpc) is 2.55. The van der Waals surface area contributed by atoms with Crippen molar-refractivity contribution in [3.63, 3.8) is 0 Å². The van der Waals surface area contributed by atoms with E-state index in [1.165, 1.54) is 0 Å². The number of rotatable bonds is 4. The van der Waals surface area contributed by atoms with Gasteiger partial charge in [0.2, 0.25) is 5.91 Å². The number of hydrogen-bond donors (Lipinski definition) is 1. The monoisotopic (exact) mass is 345 g/mol. The molecule has 3 rings (SSSR count). The van der Waals surface area contributed by atoms with Crippen molar-refractivity contribution in [3.05, 3.63) is 53.1 Å². The molecule has 1 aliphatic heterocycles. The fraction of sp³-hybridized carbons (Fsp3) is 0.222. The van der Waals surface area contributed by atoms with E-state index in [1.807, 2.05) is 0 Å². The third-order valence-corrected chi connectivity index (χ3v) is 4.19. The molecular weight excluding hydrogens is 330 g/mol. The van der Waals surface area contributed by atoms with Crippen LogP contribution in [0.25, 0.3) is 0 Å². The number of carbonyl (C=O) groups excluding carboxylic acids is 2. The van der Waals surface area contributed by atoms with Crippen LogP contribution in [0.4, 0.5) is 5.69 Å². The molecule has 1 amide bonds. The summed E-state index contributed by atoms with van der Waals surface area (Å²) < 4.78 is 10.3. The highest BCUT2D eigenvalue weighted by Gasteiger charge is 2.30. The Balaban J connectivity index is 1.73. The molecule has 0 aliphatic carbocycles. The molecule has 0 fully saturated rings. The Morgan fingerprint density at radius 1 is 1.29 bits per heavy atom. The Bertz CT molecular complexity index is 773. The van der Waals surface area contributed by atoms with Gasteiger partial charge in [0.05, 0.1) is 13.5 Å². The molecule has 1 heterocycles. The number of nitrogens with one attached hydrogen (secondary N) is 1. The van der Waals surface area contributed by atoms with Gasteiger partial charge in [-0.15, -0.1) is 0 Å². The van der Waals surface area contributed by atoms with E-state index in [4.69, 9.17) is 21.1 Å². The second-order valence-electron chi connectivity index (χ2n) is 5.51. The molecule has 0 saturated carbocycles. The Morgan fingerprint density at radius 2 is 2.04 bits per heavy atom. The fourth-order valence-electron chi connectivity index (χ4n) is 2.75. The van der Waals surface area contributed by atoms with Crippen molar-refractivity contribution >= 4 is 29.2 Å². The molecule has 1 N–H and O–H groups in total. The fourth-order valence-corrected chi connectivity index (χ4v) is 3.07. The number of ether oxygens (including phenoxy) is 2. The maximum Gasteiger partial charge on any atom is 0.311 e. The number of methoxy groups -OCH3 is 1. The van der Waals surface area contributed by atoms with Crippen LogP contribution in [0.1, 0.15) is 24.3 Å². The zero-order valence-corrected chi connectivity index (χ0v) is 13.8. The predicted octanol–water partition coefficient (Wildman–Crippen LogP) is 3.77. The Labute approximate surface area is 144 Å². The van der Waals surface area contributed by atoms with Gasteiger partial charge in [-0.1, -0.05) is 17.7 Å². The maximum atomic E-state index is 12.3. The highest BCUT2D eigenvalue weighted by atomic mass is 35.5. The van der Waals surface area contributed by atoms with Crippen molar-refractivity contribution in [2.24, 2.45) is 0 Å². The highest BCUT2D eigenvalue weighted by Crippen LogP contribution is 2.40. The molecule has 0 spiro atoms. The lowest BCUT2D eigenvalue weighted by Crippen LogP contribution is -2.24. The van der Waals surface area contributed by atoms with Crippen LogP contribution < -0.4 is 14.8 Å². The number of carbonyl (C=O) groups is 2. The molecule has 0 saturated heterocycles. The van der Waals surface area contributed by atoms with Crippen LogP contribution in [-0.2, 0) is 9.59 Å². The van der Waals surface area contributed by atoms with Crippen molar-refractivity contribution in [1.82, 2.24) is 0 Å². The van der Waals surface area contributed by atoms with Gasteiger partial charge in [0, 0.05) is 28.6 Å². The van der Waals surface area contributed by atoms with E-state index >= 15 is 0 Å². The topological polar surface area (TPSA) is 64.6 Å². The maximum absolute atomic E-state index is 12.3. The van der Waals surface area contributed by atoms with E-state index in [1.54, 1.807) is 49.6 Å². The molecule has 1 atom stereocenters. The van der Waals surface area contributed by atoms with Crippen molar-refractivity contribution in [2.45, 2.75) is 18.8 Å². The largest absolute Gasteiger partial charge is 0.497 e. The summed E-state index contributed by atoms with van der Waals surface area (Å²) in [5.41, 5.74) is 1.38. The molecule has 2 aromatic carbocycles. The van der Waals surface area contributed by atoms with Crippen LogP contribution in [0.5, 0.6) is 11.5 Å². The lowest BCUT2D eigenvalue weighted by Gasteiger charge is -2.25. The number of benzene rings is 2. The zero-order chi connectivity index (χ0) is 17.1. The van der Waals surface area contributed by atoms with Crippen LogP contribution in [0.2, 0.25) is 5.02 Å². The lowest BCUT2D eigenvalue weighted by atomic mass is 9.89. The molecule has 0 aromatic heterocycles. The van der Waals surface area contributed by atoms with E-state index in [-0.39, 0.29) is 30.6 Å². The smallest absolute Gasteiger partial charge is 0.311 e. The van der Waals surface area contributed by atoms with E-state index in [0.717, 1.165) is 0 Å². The first-order valence-corrected chi connectivity index (χ1v) is 7.87. The molecule has 2 aromatic rings. The number of esters is 1. The van der Waals surface area contributed by atoms with Gasteiger partial charge in [0.1, 0.15) is 11.5 Å². The van der Waals surface area contributed by atoms with Crippen LogP contribution in [0, 0.1) is 0 Å². The summed E-state index contributed by atoms with van der Waals surface area (Å²) in [6.45, 7) is 0. The van der Waals surface area contributed by atoms with Gasteiger partial charge in [0.25, 0.3) is 0 Å². The molecule has 6 heteroatoms. The molecule has 0 bridgehead atoms.